The summed E-state index contributed by atoms with van der Waals surface area (Å²) in [7, 11) is 0. The minimum Gasteiger partial charge on any atom is -0.479 e. The number of aliphatic hydroxyl groups is 2. The topological polar surface area (TPSA) is 87.0 Å². The maximum absolute atomic E-state index is 10.3. The van der Waals surface area contributed by atoms with Crippen LogP contribution in [0.4, 0.5) is 0 Å². The fourth-order valence-electron chi connectivity index (χ4n) is 1.04. The Balaban J connectivity index is 2.49. The molecule has 0 radical (unpaired) electrons. The average Bonchev–Trinajstić information content (AvgIpc) is 1.85. The lowest BCUT2D eigenvalue weighted by Gasteiger charge is -2.27. The summed E-state index contributed by atoms with van der Waals surface area (Å²) in [6.07, 6.45) is -2.87. The molecule has 64 valence electrons. The number of carboxylic acid groups (broad SMARTS) is 1. The zero-order valence-electron chi connectivity index (χ0n) is 5.80. The van der Waals surface area contributed by atoms with Crippen molar-refractivity contribution in [1.29, 1.82) is 0 Å². The van der Waals surface area contributed by atoms with Crippen molar-refractivity contribution in [3.63, 3.8) is 0 Å². The zero-order valence-corrected chi connectivity index (χ0v) is 5.80. The van der Waals surface area contributed by atoms with Gasteiger partial charge in [0.1, 0.15) is 0 Å². The van der Waals surface area contributed by atoms with Crippen LogP contribution in [0.25, 0.3) is 0 Å². The third-order valence-corrected chi connectivity index (χ3v) is 1.56. The molecule has 0 aromatic rings. The first-order valence-corrected chi connectivity index (χ1v) is 3.34. The molecule has 1 rings (SSSR count). The largest absolute Gasteiger partial charge is 0.479 e. The third-order valence-electron chi connectivity index (χ3n) is 1.56. The van der Waals surface area contributed by atoms with Gasteiger partial charge in [-0.2, -0.15) is 0 Å². The number of hydrogen-bond acceptors (Lipinski definition) is 4. The minimum atomic E-state index is -1.15. The van der Waals surface area contributed by atoms with Crippen LogP contribution in [-0.2, 0) is 9.53 Å². The van der Waals surface area contributed by atoms with Crippen LogP contribution in [0, 0.1) is 0 Å². The van der Waals surface area contributed by atoms with Crippen LogP contribution in [0.15, 0.2) is 0 Å². The van der Waals surface area contributed by atoms with Gasteiger partial charge in [-0.25, -0.2) is 4.79 Å². The van der Waals surface area contributed by atoms with Crippen molar-refractivity contribution < 1.29 is 24.9 Å². The monoisotopic (exact) mass is 162 g/mol. The van der Waals surface area contributed by atoms with Gasteiger partial charge in [-0.05, 0) is 0 Å². The zero-order chi connectivity index (χ0) is 8.43. The van der Waals surface area contributed by atoms with Gasteiger partial charge < -0.3 is 20.1 Å². The van der Waals surface area contributed by atoms with Gasteiger partial charge in [-0.3, -0.25) is 0 Å². The van der Waals surface area contributed by atoms with Gasteiger partial charge in [0.2, 0.25) is 0 Å². The summed E-state index contributed by atoms with van der Waals surface area (Å²) >= 11 is 0. The third kappa shape index (κ3) is 2.14. The van der Waals surface area contributed by atoms with Crippen LogP contribution < -0.4 is 0 Å². The molecular weight excluding hydrogens is 152 g/mol. The van der Waals surface area contributed by atoms with Gasteiger partial charge in [-0.15, -0.1) is 0 Å². The van der Waals surface area contributed by atoms with Crippen molar-refractivity contribution in [3.05, 3.63) is 0 Å². The Morgan fingerprint density at radius 3 is 2.45 bits per heavy atom. The SMILES string of the molecule is O=C(O)[C@@H]1C[C@H](O)C[C@H](O)O1. The van der Waals surface area contributed by atoms with Crippen LogP contribution in [0.1, 0.15) is 12.8 Å². The van der Waals surface area contributed by atoms with E-state index in [1.54, 1.807) is 0 Å². The van der Waals surface area contributed by atoms with Crippen molar-refractivity contribution >= 4 is 5.97 Å². The molecule has 1 heterocycles. The van der Waals surface area contributed by atoms with E-state index in [1.807, 2.05) is 0 Å². The van der Waals surface area contributed by atoms with Crippen molar-refractivity contribution in [2.45, 2.75) is 31.3 Å². The molecule has 5 nitrogen and oxygen atoms in total. The lowest BCUT2D eigenvalue weighted by molar-refractivity contribution is -0.203. The van der Waals surface area contributed by atoms with E-state index in [9.17, 15) is 4.79 Å². The molecule has 0 aromatic heterocycles. The molecular formula is C6H10O5. The van der Waals surface area contributed by atoms with Crippen LogP contribution in [-0.4, -0.2) is 39.8 Å². The highest BCUT2D eigenvalue weighted by Crippen LogP contribution is 2.17. The first kappa shape index (κ1) is 8.45. The van der Waals surface area contributed by atoms with E-state index >= 15 is 0 Å². The van der Waals surface area contributed by atoms with Gasteiger partial charge in [0.15, 0.2) is 12.4 Å². The lowest BCUT2D eigenvalue weighted by Crippen LogP contribution is -2.39. The molecule has 0 saturated carbocycles. The molecule has 5 heteroatoms. The van der Waals surface area contributed by atoms with E-state index in [-0.39, 0.29) is 12.8 Å². The fraction of sp³-hybridized carbons (Fsp3) is 0.833. The van der Waals surface area contributed by atoms with E-state index < -0.39 is 24.5 Å². The van der Waals surface area contributed by atoms with Crippen molar-refractivity contribution in [2.75, 3.05) is 0 Å². The highest BCUT2D eigenvalue weighted by atomic mass is 16.6. The maximum atomic E-state index is 10.3. The van der Waals surface area contributed by atoms with Crippen LogP contribution in [0.2, 0.25) is 0 Å². The molecule has 0 aliphatic carbocycles. The van der Waals surface area contributed by atoms with E-state index in [0.29, 0.717) is 0 Å². The smallest absolute Gasteiger partial charge is 0.333 e. The molecule has 1 aliphatic heterocycles. The molecule has 0 aromatic carbocycles. The molecule has 1 saturated heterocycles. The Morgan fingerprint density at radius 2 is 2.00 bits per heavy atom. The van der Waals surface area contributed by atoms with Crippen LogP contribution in [0.3, 0.4) is 0 Å². The Morgan fingerprint density at radius 1 is 1.36 bits per heavy atom. The highest BCUT2D eigenvalue weighted by molar-refractivity contribution is 5.72. The number of aliphatic hydroxyl groups excluding tert-OH is 2. The first-order chi connectivity index (χ1) is 5.09. The predicted molar refractivity (Wildman–Crippen MR) is 33.8 cm³/mol. The Bertz CT molecular complexity index is 147. The van der Waals surface area contributed by atoms with Gasteiger partial charge >= 0.3 is 5.97 Å². The minimum absolute atomic E-state index is 0.0480. The van der Waals surface area contributed by atoms with E-state index in [4.69, 9.17) is 15.3 Å². The first-order valence-electron chi connectivity index (χ1n) is 3.34. The van der Waals surface area contributed by atoms with Crippen LogP contribution >= 0.6 is 0 Å². The summed E-state index contributed by atoms with van der Waals surface area (Å²) in [5.41, 5.74) is 0. The number of hydrogen-bond donors (Lipinski definition) is 3. The summed E-state index contributed by atoms with van der Waals surface area (Å²) in [4.78, 5) is 10.3. The number of rotatable bonds is 1. The Kier molecular flexibility index (Phi) is 2.43. The van der Waals surface area contributed by atoms with Gasteiger partial charge in [-0.1, -0.05) is 0 Å². The maximum Gasteiger partial charge on any atom is 0.333 e. The standard InChI is InChI=1S/C6H10O5/c7-3-1-4(6(9)10)11-5(8)2-3/h3-5,7-8H,1-2H2,(H,9,10)/t3-,4-,5+/m0/s1. The van der Waals surface area contributed by atoms with Crippen molar-refractivity contribution in [1.82, 2.24) is 0 Å². The van der Waals surface area contributed by atoms with Gasteiger partial charge in [0, 0.05) is 12.8 Å². The second-order valence-electron chi connectivity index (χ2n) is 2.54. The van der Waals surface area contributed by atoms with Gasteiger partial charge in [0.05, 0.1) is 6.10 Å². The van der Waals surface area contributed by atoms with Crippen LogP contribution in [0.5, 0.6) is 0 Å². The molecule has 0 spiro atoms. The molecule has 3 atom stereocenters. The molecule has 1 fully saturated rings. The summed E-state index contributed by atoms with van der Waals surface area (Å²) in [5.74, 6) is -1.15. The van der Waals surface area contributed by atoms with E-state index in [2.05, 4.69) is 4.74 Å². The Labute approximate surface area is 63.2 Å². The second-order valence-corrected chi connectivity index (χ2v) is 2.54. The average molecular weight is 162 g/mol. The summed E-state index contributed by atoms with van der Waals surface area (Å²) in [5, 5.41) is 26.3. The fourth-order valence-corrected chi connectivity index (χ4v) is 1.04. The highest BCUT2D eigenvalue weighted by Gasteiger charge is 2.31. The summed E-state index contributed by atoms with van der Waals surface area (Å²) in [6, 6.07) is 0. The summed E-state index contributed by atoms with van der Waals surface area (Å²) < 4.78 is 4.61. The molecule has 0 bridgehead atoms. The summed E-state index contributed by atoms with van der Waals surface area (Å²) in [6.45, 7) is 0. The number of carboxylic acids is 1. The number of ether oxygens (including phenoxy) is 1. The molecule has 1 aliphatic rings. The van der Waals surface area contributed by atoms with Crippen molar-refractivity contribution in [2.24, 2.45) is 0 Å². The quantitative estimate of drug-likeness (QED) is 0.457. The number of aliphatic carboxylic acids is 1. The van der Waals surface area contributed by atoms with E-state index in [1.165, 1.54) is 0 Å². The Hall–Kier alpha value is -0.650. The lowest BCUT2D eigenvalue weighted by atomic mass is 10.1. The van der Waals surface area contributed by atoms with Crippen molar-refractivity contribution in [3.8, 4) is 0 Å². The molecule has 0 amide bonds. The number of carbonyl (C=O) groups is 1. The molecule has 3 N–H and O–H groups in total. The molecule has 0 unspecified atom stereocenters. The predicted octanol–water partition coefficient (Wildman–Crippen LogP) is -1.07. The van der Waals surface area contributed by atoms with Gasteiger partial charge in [0.25, 0.3) is 0 Å². The van der Waals surface area contributed by atoms with E-state index in [0.717, 1.165) is 0 Å². The normalized spacial score (nSPS) is 38.5. The molecule has 11 heavy (non-hydrogen) atoms. The second kappa shape index (κ2) is 3.17.